The van der Waals surface area contributed by atoms with Gasteiger partial charge in [-0.05, 0) is 19.3 Å². The van der Waals surface area contributed by atoms with Crippen LogP contribution in [0.1, 0.15) is 41.1 Å². The molecule has 0 aliphatic carbocycles. The van der Waals surface area contributed by atoms with E-state index >= 15 is 0 Å². The lowest BCUT2D eigenvalue weighted by molar-refractivity contribution is 0.0909. The van der Waals surface area contributed by atoms with Crippen molar-refractivity contribution in [2.75, 3.05) is 6.54 Å². The first-order valence-corrected chi connectivity index (χ1v) is 6.52. The van der Waals surface area contributed by atoms with Crippen molar-refractivity contribution < 1.29 is 4.79 Å². The topological polar surface area (TPSA) is 68.0 Å². The molecule has 3 N–H and O–H groups in total. The van der Waals surface area contributed by atoms with Crippen LogP contribution in [0.4, 0.5) is 0 Å². The van der Waals surface area contributed by atoms with Crippen molar-refractivity contribution in [3.8, 4) is 0 Å². The predicted molar refractivity (Wildman–Crippen MR) is 71.4 cm³/mol. The van der Waals surface area contributed by atoms with Gasteiger partial charge < -0.3 is 11.1 Å². The zero-order valence-electron chi connectivity index (χ0n) is 11.1. The van der Waals surface area contributed by atoms with Gasteiger partial charge in [0.05, 0.1) is 10.7 Å². The van der Waals surface area contributed by atoms with Crippen LogP contribution in [-0.4, -0.2) is 23.5 Å². The van der Waals surface area contributed by atoms with Crippen LogP contribution < -0.4 is 11.1 Å². The Balaban J connectivity index is 2.82. The van der Waals surface area contributed by atoms with Gasteiger partial charge in [-0.15, -0.1) is 11.3 Å². The number of aromatic nitrogens is 1. The van der Waals surface area contributed by atoms with Crippen molar-refractivity contribution in [1.29, 1.82) is 0 Å². The van der Waals surface area contributed by atoms with Crippen LogP contribution in [0.15, 0.2) is 0 Å². The van der Waals surface area contributed by atoms with Crippen LogP contribution in [0, 0.1) is 19.3 Å². The molecule has 0 fully saturated rings. The Kier molecular flexibility index (Phi) is 4.27. The largest absolute Gasteiger partial charge is 0.347 e. The minimum Gasteiger partial charge on any atom is -0.347 e. The fourth-order valence-corrected chi connectivity index (χ4v) is 2.42. The molecule has 96 valence electrons. The highest BCUT2D eigenvalue weighted by atomic mass is 32.1. The maximum atomic E-state index is 12.1. The van der Waals surface area contributed by atoms with Gasteiger partial charge >= 0.3 is 0 Å². The number of thiazole rings is 1. The number of rotatable bonds is 3. The van der Waals surface area contributed by atoms with Gasteiger partial charge in [-0.1, -0.05) is 20.8 Å². The maximum absolute atomic E-state index is 12.1. The Hall–Kier alpha value is -0.940. The zero-order valence-corrected chi connectivity index (χ0v) is 11.9. The molecule has 0 radical (unpaired) electrons. The number of carbonyl (C=O) groups excluding carboxylic acids is 1. The highest BCUT2D eigenvalue weighted by Gasteiger charge is 2.26. The third-order valence-corrected chi connectivity index (χ3v) is 3.77. The number of nitrogens with one attached hydrogen (secondary N) is 1. The molecular formula is C12H21N3OS. The zero-order chi connectivity index (χ0) is 13.2. The molecule has 1 rings (SSSR count). The minimum atomic E-state index is -0.0709. The van der Waals surface area contributed by atoms with Crippen LogP contribution in [0.2, 0.25) is 0 Å². The summed E-state index contributed by atoms with van der Waals surface area (Å²) in [6, 6.07) is -0.0307. The number of carbonyl (C=O) groups is 1. The predicted octanol–water partition coefficient (Wildman–Crippen LogP) is 1.86. The van der Waals surface area contributed by atoms with Gasteiger partial charge in [-0.2, -0.15) is 0 Å². The van der Waals surface area contributed by atoms with Crippen LogP contribution >= 0.6 is 11.3 Å². The van der Waals surface area contributed by atoms with E-state index in [0.29, 0.717) is 11.4 Å². The summed E-state index contributed by atoms with van der Waals surface area (Å²) in [6.07, 6.45) is 0. The van der Waals surface area contributed by atoms with Crippen LogP contribution in [0.3, 0.4) is 0 Å². The molecule has 0 aliphatic rings. The second-order valence-electron chi connectivity index (χ2n) is 5.28. The van der Waals surface area contributed by atoms with Gasteiger partial charge in [0.15, 0.2) is 0 Å². The standard InChI is InChI=1S/C12H21N3OS/c1-7-10(17-8(2)14-7)11(16)15-9(6-13)12(3,4)5/h9H,6,13H2,1-5H3,(H,15,16). The molecule has 1 heterocycles. The smallest absolute Gasteiger partial charge is 0.263 e. The summed E-state index contributed by atoms with van der Waals surface area (Å²) in [5.41, 5.74) is 6.44. The van der Waals surface area contributed by atoms with E-state index in [1.165, 1.54) is 11.3 Å². The van der Waals surface area contributed by atoms with Crippen molar-refractivity contribution in [2.45, 2.75) is 40.7 Å². The SMILES string of the molecule is Cc1nc(C)c(C(=O)NC(CN)C(C)(C)C)s1. The fourth-order valence-electron chi connectivity index (χ4n) is 1.59. The molecule has 0 saturated carbocycles. The summed E-state index contributed by atoms with van der Waals surface area (Å²) >= 11 is 1.42. The fraction of sp³-hybridized carbons (Fsp3) is 0.667. The molecule has 1 atom stereocenters. The first-order chi connectivity index (χ1) is 7.75. The summed E-state index contributed by atoms with van der Waals surface area (Å²) < 4.78 is 0. The average molecular weight is 255 g/mol. The Morgan fingerprint density at radius 2 is 2.06 bits per heavy atom. The third kappa shape index (κ3) is 3.51. The van der Waals surface area contributed by atoms with Crippen molar-refractivity contribution in [2.24, 2.45) is 11.1 Å². The molecule has 0 aliphatic heterocycles. The number of hydrogen-bond acceptors (Lipinski definition) is 4. The van der Waals surface area contributed by atoms with Crippen LogP contribution in [-0.2, 0) is 0 Å². The lowest BCUT2D eigenvalue weighted by Gasteiger charge is -2.30. The lowest BCUT2D eigenvalue weighted by atomic mass is 9.87. The summed E-state index contributed by atoms with van der Waals surface area (Å²) in [4.78, 5) is 17.0. The molecule has 0 aromatic carbocycles. The third-order valence-electron chi connectivity index (χ3n) is 2.70. The molecule has 1 aromatic heterocycles. The van der Waals surface area contributed by atoms with E-state index in [4.69, 9.17) is 5.73 Å². The van der Waals surface area contributed by atoms with E-state index in [0.717, 1.165) is 10.7 Å². The van der Waals surface area contributed by atoms with E-state index in [2.05, 4.69) is 31.1 Å². The van der Waals surface area contributed by atoms with Crippen molar-refractivity contribution in [1.82, 2.24) is 10.3 Å². The second-order valence-corrected chi connectivity index (χ2v) is 6.48. The normalized spacial score (nSPS) is 13.5. The number of aryl methyl sites for hydroxylation is 2. The Morgan fingerprint density at radius 3 is 2.41 bits per heavy atom. The Labute approximate surface area is 107 Å². The van der Waals surface area contributed by atoms with Gasteiger partial charge in [0.25, 0.3) is 5.91 Å². The quantitative estimate of drug-likeness (QED) is 0.866. The molecule has 17 heavy (non-hydrogen) atoms. The van der Waals surface area contributed by atoms with Gasteiger partial charge in [0.2, 0.25) is 0 Å². The number of nitrogens with zero attached hydrogens (tertiary/aromatic N) is 1. The van der Waals surface area contributed by atoms with E-state index in [1.807, 2.05) is 13.8 Å². The molecule has 0 bridgehead atoms. The average Bonchev–Trinajstić information content (AvgIpc) is 2.52. The monoisotopic (exact) mass is 255 g/mol. The van der Waals surface area contributed by atoms with Crippen molar-refractivity contribution >= 4 is 17.2 Å². The minimum absolute atomic E-state index is 0.0307. The van der Waals surface area contributed by atoms with Crippen LogP contribution in [0.25, 0.3) is 0 Å². The molecule has 1 aromatic rings. The summed E-state index contributed by atoms with van der Waals surface area (Å²) in [7, 11) is 0. The number of nitrogens with two attached hydrogens (primary N) is 1. The van der Waals surface area contributed by atoms with Gasteiger partial charge in [0, 0.05) is 12.6 Å². The van der Waals surface area contributed by atoms with E-state index in [1.54, 1.807) is 0 Å². The molecule has 0 spiro atoms. The molecule has 5 heteroatoms. The maximum Gasteiger partial charge on any atom is 0.263 e. The second kappa shape index (κ2) is 5.14. The first-order valence-electron chi connectivity index (χ1n) is 5.70. The Bertz CT molecular complexity index is 406. The Morgan fingerprint density at radius 1 is 1.47 bits per heavy atom. The van der Waals surface area contributed by atoms with Gasteiger partial charge in [0.1, 0.15) is 4.88 Å². The first kappa shape index (κ1) is 14.1. The van der Waals surface area contributed by atoms with Crippen molar-refractivity contribution in [3.63, 3.8) is 0 Å². The molecule has 4 nitrogen and oxygen atoms in total. The summed E-state index contributed by atoms with van der Waals surface area (Å²) in [6.45, 7) is 10.4. The molecule has 1 unspecified atom stereocenters. The van der Waals surface area contributed by atoms with Gasteiger partial charge in [-0.3, -0.25) is 4.79 Å². The van der Waals surface area contributed by atoms with E-state index in [-0.39, 0.29) is 17.4 Å². The summed E-state index contributed by atoms with van der Waals surface area (Å²) in [5.74, 6) is -0.0709. The summed E-state index contributed by atoms with van der Waals surface area (Å²) in [5, 5.41) is 3.89. The number of amides is 1. The molecular weight excluding hydrogens is 234 g/mol. The highest BCUT2D eigenvalue weighted by Crippen LogP contribution is 2.21. The van der Waals surface area contributed by atoms with Crippen LogP contribution in [0.5, 0.6) is 0 Å². The molecule has 0 saturated heterocycles. The van der Waals surface area contributed by atoms with Crippen molar-refractivity contribution in [3.05, 3.63) is 15.6 Å². The number of hydrogen-bond donors (Lipinski definition) is 2. The highest BCUT2D eigenvalue weighted by molar-refractivity contribution is 7.13. The van der Waals surface area contributed by atoms with E-state index in [9.17, 15) is 4.79 Å². The molecule has 1 amide bonds. The lowest BCUT2D eigenvalue weighted by Crippen LogP contribution is -2.48. The van der Waals surface area contributed by atoms with Gasteiger partial charge in [-0.25, -0.2) is 4.98 Å². The van der Waals surface area contributed by atoms with E-state index < -0.39 is 0 Å².